The Morgan fingerprint density at radius 2 is 2.00 bits per heavy atom. The van der Waals surface area contributed by atoms with Crippen molar-refractivity contribution in [3.05, 3.63) is 61.0 Å². The number of benzene rings is 1. The molecule has 3 rings (SSSR count). The summed E-state index contributed by atoms with van der Waals surface area (Å²) in [6.45, 7) is 2.13. The van der Waals surface area contributed by atoms with Crippen molar-refractivity contribution in [1.29, 1.82) is 0 Å². The molecule has 0 saturated carbocycles. The first-order valence-corrected chi connectivity index (χ1v) is 6.65. The van der Waals surface area contributed by atoms with E-state index in [1.165, 1.54) is 6.39 Å². The molecular formula is C16H16N2O2. The summed E-state index contributed by atoms with van der Waals surface area (Å²) in [6, 6.07) is 12.2. The predicted molar refractivity (Wildman–Crippen MR) is 77.3 cm³/mol. The number of hydrogen-bond donors (Lipinski definition) is 1. The second kappa shape index (κ2) is 5.65. The molecule has 102 valence electrons. The van der Waals surface area contributed by atoms with Crippen LogP contribution in [0.1, 0.15) is 25.1 Å². The maximum Gasteiger partial charge on any atom is 0.181 e. The second-order valence-corrected chi connectivity index (χ2v) is 4.56. The highest BCUT2D eigenvalue weighted by atomic mass is 16.3. The van der Waals surface area contributed by atoms with Crippen LogP contribution in [-0.2, 0) is 0 Å². The largest absolute Gasteiger partial charge is 0.467 e. The Morgan fingerprint density at radius 1 is 1.15 bits per heavy atom. The SMILES string of the molecule is CCC(Nc1ccc(-c2cnco2)cc1)c1ccco1. The second-order valence-electron chi connectivity index (χ2n) is 4.56. The summed E-state index contributed by atoms with van der Waals surface area (Å²) < 4.78 is 10.7. The summed E-state index contributed by atoms with van der Waals surface area (Å²) >= 11 is 0. The van der Waals surface area contributed by atoms with Gasteiger partial charge in [0.05, 0.1) is 18.5 Å². The van der Waals surface area contributed by atoms with E-state index >= 15 is 0 Å². The number of furan rings is 1. The summed E-state index contributed by atoms with van der Waals surface area (Å²) in [6.07, 6.45) is 5.80. The zero-order valence-corrected chi connectivity index (χ0v) is 11.2. The molecule has 0 aliphatic rings. The van der Waals surface area contributed by atoms with Gasteiger partial charge in [-0.1, -0.05) is 6.92 Å². The Morgan fingerprint density at radius 3 is 2.60 bits per heavy atom. The molecular weight excluding hydrogens is 252 g/mol. The first kappa shape index (κ1) is 12.5. The fourth-order valence-electron chi connectivity index (χ4n) is 2.15. The van der Waals surface area contributed by atoms with Crippen LogP contribution in [-0.4, -0.2) is 4.98 Å². The molecule has 1 atom stereocenters. The number of nitrogens with zero attached hydrogens (tertiary/aromatic N) is 1. The van der Waals surface area contributed by atoms with E-state index in [2.05, 4.69) is 17.2 Å². The molecule has 1 N–H and O–H groups in total. The first-order valence-electron chi connectivity index (χ1n) is 6.65. The fraction of sp³-hybridized carbons (Fsp3) is 0.188. The van der Waals surface area contributed by atoms with Crippen molar-refractivity contribution in [2.24, 2.45) is 0 Å². The van der Waals surface area contributed by atoms with Gasteiger partial charge in [-0.15, -0.1) is 0 Å². The van der Waals surface area contributed by atoms with Crippen molar-refractivity contribution < 1.29 is 8.83 Å². The van der Waals surface area contributed by atoms with E-state index in [0.29, 0.717) is 0 Å². The Labute approximate surface area is 117 Å². The van der Waals surface area contributed by atoms with Crippen molar-refractivity contribution in [2.75, 3.05) is 5.32 Å². The zero-order valence-electron chi connectivity index (χ0n) is 11.2. The van der Waals surface area contributed by atoms with Crippen molar-refractivity contribution in [1.82, 2.24) is 4.98 Å². The minimum atomic E-state index is 0.182. The van der Waals surface area contributed by atoms with Gasteiger partial charge in [0.2, 0.25) is 0 Å². The lowest BCUT2D eigenvalue weighted by molar-refractivity contribution is 0.474. The Kier molecular flexibility index (Phi) is 3.54. The van der Waals surface area contributed by atoms with Crippen LogP contribution in [0.4, 0.5) is 5.69 Å². The van der Waals surface area contributed by atoms with Crippen LogP contribution in [0.15, 0.2) is 64.1 Å². The predicted octanol–water partition coefficient (Wildman–Crippen LogP) is 4.50. The quantitative estimate of drug-likeness (QED) is 0.740. The smallest absolute Gasteiger partial charge is 0.181 e. The highest BCUT2D eigenvalue weighted by Crippen LogP contribution is 2.25. The first-order chi connectivity index (χ1) is 9.86. The highest BCUT2D eigenvalue weighted by molar-refractivity contribution is 5.60. The highest BCUT2D eigenvalue weighted by Gasteiger charge is 2.11. The van der Waals surface area contributed by atoms with Crippen molar-refractivity contribution in [3.8, 4) is 11.3 Å². The Balaban J connectivity index is 1.75. The van der Waals surface area contributed by atoms with Gasteiger partial charge in [-0.3, -0.25) is 0 Å². The summed E-state index contributed by atoms with van der Waals surface area (Å²) in [7, 11) is 0. The number of oxazole rings is 1. The molecule has 0 aliphatic heterocycles. The van der Waals surface area contributed by atoms with Crippen LogP contribution in [0.5, 0.6) is 0 Å². The van der Waals surface area contributed by atoms with Gasteiger partial charge in [-0.2, -0.15) is 0 Å². The third kappa shape index (κ3) is 2.59. The molecule has 2 heterocycles. The standard InChI is InChI=1S/C16H16N2O2/c1-2-14(15-4-3-9-19-15)18-13-7-5-12(6-8-13)16-10-17-11-20-16/h3-11,14,18H,2H2,1H3. The van der Waals surface area contributed by atoms with Gasteiger partial charge in [0.1, 0.15) is 5.76 Å². The maximum absolute atomic E-state index is 5.46. The lowest BCUT2D eigenvalue weighted by Crippen LogP contribution is -2.08. The maximum atomic E-state index is 5.46. The molecule has 0 bridgehead atoms. The molecule has 2 aromatic heterocycles. The third-order valence-electron chi connectivity index (χ3n) is 3.24. The van der Waals surface area contributed by atoms with Gasteiger partial charge in [0.15, 0.2) is 12.2 Å². The number of rotatable bonds is 5. The Bertz CT molecular complexity index is 628. The molecule has 1 aromatic carbocycles. The van der Waals surface area contributed by atoms with Crippen LogP contribution in [0.2, 0.25) is 0 Å². The summed E-state index contributed by atoms with van der Waals surface area (Å²) in [4.78, 5) is 3.92. The van der Waals surface area contributed by atoms with E-state index in [1.807, 2.05) is 36.4 Å². The minimum Gasteiger partial charge on any atom is -0.467 e. The molecule has 0 fully saturated rings. The molecule has 0 saturated heterocycles. The van der Waals surface area contributed by atoms with Crippen LogP contribution in [0, 0.1) is 0 Å². The van der Waals surface area contributed by atoms with E-state index in [1.54, 1.807) is 12.5 Å². The molecule has 0 aliphatic carbocycles. The van der Waals surface area contributed by atoms with Crippen LogP contribution in [0.25, 0.3) is 11.3 Å². The van der Waals surface area contributed by atoms with Crippen molar-refractivity contribution in [2.45, 2.75) is 19.4 Å². The minimum absolute atomic E-state index is 0.182. The fourth-order valence-corrected chi connectivity index (χ4v) is 2.15. The summed E-state index contributed by atoms with van der Waals surface area (Å²) in [5.41, 5.74) is 2.07. The van der Waals surface area contributed by atoms with Crippen LogP contribution >= 0.6 is 0 Å². The van der Waals surface area contributed by atoms with E-state index in [0.717, 1.165) is 29.2 Å². The topological polar surface area (TPSA) is 51.2 Å². The molecule has 4 heteroatoms. The van der Waals surface area contributed by atoms with E-state index < -0.39 is 0 Å². The van der Waals surface area contributed by atoms with E-state index in [-0.39, 0.29) is 6.04 Å². The van der Waals surface area contributed by atoms with E-state index in [9.17, 15) is 0 Å². The summed E-state index contributed by atoms with van der Waals surface area (Å²) in [5, 5.41) is 3.46. The molecule has 3 aromatic rings. The number of anilines is 1. The number of nitrogens with one attached hydrogen (secondary N) is 1. The van der Waals surface area contributed by atoms with Crippen molar-refractivity contribution in [3.63, 3.8) is 0 Å². The van der Waals surface area contributed by atoms with Gasteiger partial charge in [0, 0.05) is 11.3 Å². The van der Waals surface area contributed by atoms with Gasteiger partial charge >= 0.3 is 0 Å². The Hall–Kier alpha value is -2.49. The van der Waals surface area contributed by atoms with Crippen LogP contribution in [0.3, 0.4) is 0 Å². The molecule has 0 radical (unpaired) electrons. The third-order valence-corrected chi connectivity index (χ3v) is 3.24. The summed E-state index contributed by atoms with van der Waals surface area (Å²) in [5.74, 6) is 1.72. The molecule has 20 heavy (non-hydrogen) atoms. The monoisotopic (exact) mass is 268 g/mol. The number of aromatic nitrogens is 1. The zero-order chi connectivity index (χ0) is 13.8. The average Bonchev–Trinajstić information content (AvgIpc) is 3.18. The molecule has 0 amide bonds. The van der Waals surface area contributed by atoms with Crippen LogP contribution < -0.4 is 5.32 Å². The number of hydrogen-bond acceptors (Lipinski definition) is 4. The normalized spacial score (nSPS) is 12.2. The lowest BCUT2D eigenvalue weighted by Gasteiger charge is -2.16. The average molecular weight is 268 g/mol. The van der Waals surface area contributed by atoms with Gasteiger partial charge in [-0.05, 0) is 42.8 Å². The van der Waals surface area contributed by atoms with Crippen molar-refractivity contribution >= 4 is 5.69 Å². The van der Waals surface area contributed by atoms with E-state index in [4.69, 9.17) is 8.83 Å². The van der Waals surface area contributed by atoms with Gasteiger partial charge in [-0.25, -0.2) is 4.98 Å². The molecule has 1 unspecified atom stereocenters. The molecule has 4 nitrogen and oxygen atoms in total. The molecule has 0 spiro atoms. The lowest BCUT2D eigenvalue weighted by atomic mass is 10.1. The van der Waals surface area contributed by atoms with Gasteiger partial charge in [0.25, 0.3) is 0 Å². The van der Waals surface area contributed by atoms with Gasteiger partial charge < -0.3 is 14.2 Å².